The van der Waals surface area contributed by atoms with Gasteiger partial charge in [0.1, 0.15) is 0 Å². The quantitative estimate of drug-likeness (QED) is 0.631. The number of carbonyl (C=O) groups is 2. The molecule has 2 rings (SSSR count). The molecule has 1 amide bonds. The number of hydrogen-bond acceptors (Lipinski definition) is 5. The summed E-state index contributed by atoms with van der Waals surface area (Å²) in [6, 6.07) is 2.82. The standard InChI is InChI=1S/C10H11NO4S2/c12-9(8-2-1-4-16-8)10(13)11-7-3-5-17(14,15)6-7/h1-2,4,7H,3,5-6H2,(H,11,13). The van der Waals surface area contributed by atoms with Gasteiger partial charge in [-0.15, -0.1) is 11.3 Å². The van der Waals surface area contributed by atoms with Gasteiger partial charge >= 0.3 is 0 Å². The molecule has 0 radical (unpaired) electrons. The molecule has 92 valence electrons. The van der Waals surface area contributed by atoms with Crippen molar-refractivity contribution in [1.82, 2.24) is 5.32 Å². The van der Waals surface area contributed by atoms with E-state index in [1.165, 1.54) is 11.3 Å². The third-order valence-corrected chi connectivity index (χ3v) is 5.16. The first-order valence-electron chi connectivity index (χ1n) is 5.07. The molecular formula is C10H11NO4S2. The van der Waals surface area contributed by atoms with Gasteiger partial charge in [0.25, 0.3) is 11.7 Å². The fourth-order valence-electron chi connectivity index (χ4n) is 1.68. The zero-order chi connectivity index (χ0) is 12.5. The first kappa shape index (κ1) is 12.3. The van der Waals surface area contributed by atoms with Gasteiger partial charge < -0.3 is 5.32 Å². The van der Waals surface area contributed by atoms with Gasteiger partial charge in [-0.25, -0.2) is 8.42 Å². The van der Waals surface area contributed by atoms with Crippen molar-refractivity contribution in [3.63, 3.8) is 0 Å². The SMILES string of the molecule is O=C(NC1CCS(=O)(=O)C1)C(=O)c1cccs1. The Bertz CT molecular complexity index is 533. The van der Waals surface area contributed by atoms with Crippen LogP contribution in [0.25, 0.3) is 0 Å². The average molecular weight is 273 g/mol. The summed E-state index contributed by atoms with van der Waals surface area (Å²) >= 11 is 1.19. The molecule has 0 spiro atoms. The zero-order valence-electron chi connectivity index (χ0n) is 8.88. The first-order chi connectivity index (χ1) is 7.98. The van der Waals surface area contributed by atoms with E-state index >= 15 is 0 Å². The van der Waals surface area contributed by atoms with Gasteiger partial charge in [0.15, 0.2) is 9.84 Å². The highest BCUT2D eigenvalue weighted by Gasteiger charge is 2.30. The molecule has 0 aromatic carbocycles. The van der Waals surface area contributed by atoms with Crippen molar-refractivity contribution in [1.29, 1.82) is 0 Å². The van der Waals surface area contributed by atoms with E-state index < -0.39 is 27.6 Å². The summed E-state index contributed by atoms with van der Waals surface area (Å²) in [6.07, 6.45) is 0.381. The lowest BCUT2D eigenvalue weighted by molar-refractivity contribution is -0.117. The number of rotatable bonds is 3. The molecule has 1 N–H and O–H groups in total. The predicted molar refractivity (Wildman–Crippen MR) is 63.9 cm³/mol. The molecule has 17 heavy (non-hydrogen) atoms. The van der Waals surface area contributed by atoms with E-state index in [2.05, 4.69) is 5.32 Å². The highest BCUT2D eigenvalue weighted by atomic mass is 32.2. The molecular weight excluding hydrogens is 262 g/mol. The molecule has 0 bridgehead atoms. The highest BCUT2D eigenvalue weighted by molar-refractivity contribution is 7.91. The summed E-state index contributed by atoms with van der Waals surface area (Å²) in [5, 5.41) is 4.17. The molecule has 1 aliphatic rings. The van der Waals surface area contributed by atoms with Gasteiger partial charge in [0.2, 0.25) is 0 Å². The normalized spacial score (nSPS) is 22.2. The van der Waals surface area contributed by atoms with Crippen LogP contribution in [0, 0.1) is 0 Å². The largest absolute Gasteiger partial charge is 0.345 e. The van der Waals surface area contributed by atoms with Crippen LogP contribution in [0.4, 0.5) is 0 Å². The minimum atomic E-state index is -3.04. The minimum Gasteiger partial charge on any atom is -0.345 e. The Labute approximate surface area is 103 Å². The molecule has 1 aromatic rings. The second kappa shape index (κ2) is 4.58. The molecule has 1 atom stereocenters. The van der Waals surface area contributed by atoms with Gasteiger partial charge in [0.05, 0.1) is 16.4 Å². The predicted octanol–water partition coefficient (Wildman–Crippen LogP) is 0.234. The molecule has 0 aliphatic carbocycles. The number of nitrogens with one attached hydrogen (secondary N) is 1. The molecule has 5 nitrogen and oxygen atoms in total. The Balaban J connectivity index is 1.97. The maximum atomic E-state index is 11.6. The number of amides is 1. The van der Waals surface area contributed by atoms with Gasteiger partial charge in [-0.2, -0.15) is 0 Å². The molecule has 2 heterocycles. The van der Waals surface area contributed by atoms with Crippen molar-refractivity contribution < 1.29 is 18.0 Å². The van der Waals surface area contributed by atoms with E-state index in [0.29, 0.717) is 11.3 Å². The van der Waals surface area contributed by atoms with Crippen LogP contribution in [0.1, 0.15) is 16.1 Å². The molecule has 0 saturated carbocycles. The number of thiophene rings is 1. The lowest BCUT2D eigenvalue weighted by atomic mass is 10.2. The maximum Gasteiger partial charge on any atom is 0.293 e. The zero-order valence-corrected chi connectivity index (χ0v) is 10.5. The molecule has 1 unspecified atom stereocenters. The number of ketones is 1. The van der Waals surface area contributed by atoms with Crippen LogP contribution in [0.15, 0.2) is 17.5 Å². The van der Waals surface area contributed by atoms with E-state index in [-0.39, 0.29) is 11.5 Å². The van der Waals surface area contributed by atoms with Crippen LogP contribution < -0.4 is 5.32 Å². The molecule has 1 fully saturated rings. The van der Waals surface area contributed by atoms with Gasteiger partial charge in [0, 0.05) is 6.04 Å². The molecule has 1 saturated heterocycles. The number of Topliss-reactive ketones (excluding diaryl/α,β-unsaturated/α-hetero) is 1. The summed E-state index contributed by atoms with van der Waals surface area (Å²) < 4.78 is 22.4. The molecule has 1 aliphatic heterocycles. The Morgan fingerprint density at radius 2 is 2.18 bits per heavy atom. The Hall–Kier alpha value is -1.21. The second-order valence-corrected chi connectivity index (χ2v) is 7.06. The van der Waals surface area contributed by atoms with Crippen molar-refractivity contribution in [2.24, 2.45) is 0 Å². The van der Waals surface area contributed by atoms with Crippen LogP contribution >= 0.6 is 11.3 Å². The van der Waals surface area contributed by atoms with Gasteiger partial charge in [-0.1, -0.05) is 6.07 Å². The van der Waals surface area contributed by atoms with Crippen molar-refractivity contribution in [2.75, 3.05) is 11.5 Å². The lowest BCUT2D eigenvalue weighted by Gasteiger charge is -2.08. The van der Waals surface area contributed by atoms with Crippen molar-refractivity contribution in [2.45, 2.75) is 12.5 Å². The Morgan fingerprint density at radius 1 is 1.41 bits per heavy atom. The van der Waals surface area contributed by atoms with Crippen LogP contribution in [-0.4, -0.2) is 37.7 Å². The fraction of sp³-hybridized carbons (Fsp3) is 0.400. The van der Waals surface area contributed by atoms with Gasteiger partial charge in [-0.3, -0.25) is 9.59 Å². The smallest absolute Gasteiger partial charge is 0.293 e. The highest BCUT2D eigenvalue weighted by Crippen LogP contribution is 2.13. The Kier molecular flexibility index (Phi) is 3.30. The maximum absolute atomic E-state index is 11.6. The summed E-state index contributed by atoms with van der Waals surface area (Å²) in [6.45, 7) is 0. The van der Waals surface area contributed by atoms with Crippen LogP contribution in [-0.2, 0) is 14.6 Å². The van der Waals surface area contributed by atoms with Crippen molar-refractivity contribution >= 4 is 32.9 Å². The monoisotopic (exact) mass is 273 g/mol. The minimum absolute atomic E-state index is 0.0730. The summed E-state index contributed by atoms with van der Waals surface area (Å²) in [5.74, 6) is -1.33. The number of carbonyl (C=O) groups excluding carboxylic acids is 2. The summed E-state index contributed by atoms with van der Waals surface area (Å²) in [5.41, 5.74) is 0. The lowest BCUT2D eigenvalue weighted by Crippen LogP contribution is -2.39. The molecule has 7 heteroatoms. The van der Waals surface area contributed by atoms with E-state index in [4.69, 9.17) is 0 Å². The van der Waals surface area contributed by atoms with E-state index in [1.807, 2.05) is 0 Å². The van der Waals surface area contributed by atoms with Crippen LogP contribution in [0.3, 0.4) is 0 Å². The number of hydrogen-bond donors (Lipinski definition) is 1. The third-order valence-electron chi connectivity index (χ3n) is 2.52. The molecule has 1 aromatic heterocycles. The topological polar surface area (TPSA) is 80.3 Å². The van der Waals surface area contributed by atoms with Crippen molar-refractivity contribution in [3.8, 4) is 0 Å². The van der Waals surface area contributed by atoms with Crippen LogP contribution in [0.5, 0.6) is 0 Å². The average Bonchev–Trinajstić information content (AvgIpc) is 2.86. The van der Waals surface area contributed by atoms with E-state index in [1.54, 1.807) is 17.5 Å². The third kappa shape index (κ3) is 2.92. The second-order valence-electron chi connectivity index (χ2n) is 3.88. The fourth-order valence-corrected chi connectivity index (χ4v) is 4.01. The summed E-state index contributed by atoms with van der Waals surface area (Å²) in [7, 11) is -3.04. The van der Waals surface area contributed by atoms with E-state index in [9.17, 15) is 18.0 Å². The first-order valence-corrected chi connectivity index (χ1v) is 7.77. The van der Waals surface area contributed by atoms with Crippen molar-refractivity contribution in [3.05, 3.63) is 22.4 Å². The van der Waals surface area contributed by atoms with Gasteiger partial charge in [-0.05, 0) is 17.9 Å². The van der Waals surface area contributed by atoms with Crippen LogP contribution in [0.2, 0.25) is 0 Å². The van der Waals surface area contributed by atoms with E-state index in [0.717, 1.165) is 0 Å². The number of sulfone groups is 1. The summed E-state index contributed by atoms with van der Waals surface area (Å²) in [4.78, 5) is 23.5. The Morgan fingerprint density at radius 3 is 2.71 bits per heavy atom.